The highest BCUT2D eigenvalue weighted by atomic mass is 19.1. The molecule has 1 heterocycles. The van der Waals surface area contributed by atoms with Crippen molar-refractivity contribution in [1.82, 2.24) is 4.90 Å². The number of rotatable bonds is 3. The van der Waals surface area contributed by atoms with E-state index < -0.39 is 11.8 Å². The lowest BCUT2D eigenvalue weighted by Crippen LogP contribution is -2.41. The SMILES string of the molecule is O=C(Oc1ccc(F)cc1)c1ccccc1C(=O)N1CCOCC1. The van der Waals surface area contributed by atoms with Gasteiger partial charge in [0.05, 0.1) is 24.3 Å². The van der Waals surface area contributed by atoms with E-state index in [0.717, 1.165) is 0 Å². The first-order valence-electron chi connectivity index (χ1n) is 7.59. The second kappa shape index (κ2) is 7.23. The number of hydrogen-bond acceptors (Lipinski definition) is 4. The Hall–Kier alpha value is -2.73. The largest absolute Gasteiger partial charge is 0.423 e. The zero-order chi connectivity index (χ0) is 16.9. The topological polar surface area (TPSA) is 55.8 Å². The molecule has 3 rings (SSSR count). The predicted molar refractivity (Wildman–Crippen MR) is 84.5 cm³/mol. The lowest BCUT2D eigenvalue weighted by molar-refractivity contribution is 0.0300. The van der Waals surface area contributed by atoms with E-state index in [1.807, 2.05) is 0 Å². The summed E-state index contributed by atoms with van der Waals surface area (Å²) in [6.45, 7) is 1.93. The Morgan fingerprint density at radius 3 is 2.25 bits per heavy atom. The van der Waals surface area contributed by atoms with Crippen LogP contribution in [0.1, 0.15) is 20.7 Å². The lowest BCUT2D eigenvalue weighted by Gasteiger charge is -2.27. The van der Waals surface area contributed by atoms with Crippen molar-refractivity contribution in [2.45, 2.75) is 0 Å². The van der Waals surface area contributed by atoms with Crippen molar-refractivity contribution in [3.8, 4) is 5.75 Å². The van der Waals surface area contributed by atoms with Crippen LogP contribution in [0.15, 0.2) is 48.5 Å². The van der Waals surface area contributed by atoms with E-state index in [1.54, 1.807) is 29.2 Å². The average molecular weight is 329 g/mol. The van der Waals surface area contributed by atoms with Gasteiger partial charge in [0.2, 0.25) is 0 Å². The highest BCUT2D eigenvalue weighted by Gasteiger charge is 2.24. The number of carbonyl (C=O) groups excluding carboxylic acids is 2. The summed E-state index contributed by atoms with van der Waals surface area (Å²) < 4.78 is 23.4. The van der Waals surface area contributed by atoms with E-state index in [9.17, 15) is 14.0 Å². The first-order valence-corrected chi connectivity index (χ1v) is 7.59. The van der Waals surface area contributed by atoms with Gasteiger partial charge in [-0.15, -0.1) is 0 Å². The molecular formula is C18H16FNO4. The Bertz CT molecular complexity index is 739. The Kier molecular flexibility index (Phi) is 4.86. The summed E-state index contributed by atoms with van der Waals surface area (Å²) in [6.07, 6.45) is 0. The van der Waals surface area contributed by atoms with Crippen LogP contribution < -0.4 is 4.74 Å². The molecule has 124 valence electrons. The monoisotopic (exact) mass is 329 g/mol. The van der Waals surface area contributed by atoms with Gasteiger partial charge in [-0.25, -0.2) is 9.18 Å². The number of morpholine rings is 1. The summed E-state index contributed by atoms with van der Waals surface area (Å²) >= 11 is 0. The summed E-state index contributed by atoms with van der Waals surface area (Å²) in [7, 11) is 0. The van der Waals surface area contributed by atoms with E-state index in [-0.39, 0.29) is 22.8 Å². The van der Waals surface area contributed by atoms with Gasteiger partial charge in [-0.2, -0.15) is 0 Å². The van der Waals surface area contributed by atoms with Crippen molar-refractivity contribution in [3.05, 3.63) is 65.5 Å². The van der Waals surface area contributed by atoms with Crippen LogP contribution in [-0.4, -0.2) is 43.1 Å². The van der Waals surface area contributed by atoms with Gasteiger partial charge >= 0.3 is 5.97 Å². The summed E-state index contributed by atoms with van der Waals surface area (Å²) in [6, 6.07) is 11.6. The molecule has 1 amide bonds. The molecule has 0 spiro atoms. The lowest BCUT2D eigenvalue weighted by atomic mass is 10.1. The van der Waals surface area contributed by atoms with Crippen molar-refractivity contribution < 1.29 is 23.5 Å². The fourth-order valence-electron chi connectivity index (χ4n) is 2.45. The van der Waals surface area contributed by atoms with Gasteiger partial charge < -0.3 is 14.4 Å². The summed E-state index contributed by atoms with van der Waals surface area (Å²) in [5.41, 5.74) is 0.463. The van der Waals surface area contributed by atoms with E-state index in [1.165, 1.54) is 24.3 Å². The first-order chi connectivity index (χ1) is 11.6. The molecule has 6 heteroatoms. The second-order valence-electron chi connectivity index (χ2n) is 5.29. The number of ether oxygens (including phenoxy) is 2. The molecule has 1 fully saturated rings. The van der Waals surface area contributed by atoms with Crippen molar-refractivity contribution in [1.29, 1.82) is 0 Å². The van der Waals surface area contributed by atoms with E-state index in [2.05, 4.69) is 0 Å². The Balaban J connectivity index is 1.81. The Labute approximate surface area is 138 Å². The molecular weight excluding hydrogens is 313 g/mol. The van der Waals surface area contributed by atoms with Gasteiger partial charge in [0, 0.05) is 13.1 Å². The molecule has 5 nitrogen and oxygen atoms in total. The molecule has 2 aromatic rings. The van der Waals surface area contributed by atoms with Crippen molar-refractivity contribution in [3.63, 3.8) is 0 Å². The molecule has 0 aliphatic carbocycles. The van der Waals surface area contributed by atoms with Crippen molar-refractivity contribution in [2.24, 2.45) is 0 Å². The van der Waals surface area contributed by atoms with Gasteiger partial charge in [0.25, 0.3) is 5.91 Å². The standard InChI is InChI=1S/C18H16FNO4/c19-13-5-7-14(8-6-13)24-18(22)16-4-2-1-3-15(16)17(21)20-9-11-23-12-10-20/h1-8H,9-12H2. The number of benzene rings is 2. The van der Waals surface area contributed by atoms with Crippen molar-refractivity contribution in [2.75, 3.05) is 26.3 Å². The molecule has 0 N–H and O–H groups in total. The van der Waals surface area contributed by atoms with Crippen molar-refractivity contribution >= 4 is 11.9 Å². The van der Waals surface area contributed by atoms with Crippen LogP contribution in [0.2, 0.25) is 0 Å². The Morgan fingerprint density at radius 1 is 0.958 bits per heavy atom. The maximum absolute atomic E-state index is 12.9. The number of nitrogens with zero attached hydrogens (tertiary/aromatic N) is 1. The van der Waals surface area contributed by atoms with Crippen LogP contribution in [0, 0.1) is 5.82 Å². The molecule has 2 aromatic carbocycles. The molecule has 0 atom stereocenters. The molecule has 0 radical (unpaired) electrons. The number of carbonyl (C=O) groups is 2. The van der Waals surface area contributed by atoms with Crippen LogP contribution in [0.3, 0.4) is 0 Å². The number of hydrogen-bond donors (Lipinski definition) is 0. The molecule has 0 bridgehead atoms. The van der Waals surface area contributed by atoms with Crippen LogP contribution in [0.4, 0.5) is 4.39 Å². The minimum Gasteiger partial charge on any atom is -0.423 e. The minimum atomic E-state index is -0.654. The summed E-state index contributed by atoms with van der Waals surface area (Å²) in [4.78, 5) is 26.7. The molecule has 1 saturated heterocycles. The third kappa shape index (κ3) is 3.60. The van der Waals surface area contributed by atoms with Gasteiger partial charge in [0.1, 0.15) is 11.6 Å². The van der Waals surface area contributed by atoms with Crippen LogP contribution in [-0.2, 0) is 4.74 Å². The van der Waals surface area contributed by atoms with E-state index >= 15 is 0 Å². The predicted octanol–water partition coefficient (Wildman–Crippen LogP) is 2.52. The minimum absolute atomic E-state index is 0.179. The van der Waals surface area contributed by atoms with Gasteiger partial charge in [0.15, 0.2) is 0 Å². The normalized spacial score (nSPS) is 14.3. The molecule has 1 aliphatic rings. The number of amides is 1. The summed E-state index contributed by atoms with van der Waals surface area (Å²) in [5.74, 6) is -1.09. The molecule has 0 saturated carbocycles. The molecule has 24 heavy (non-hydrogen) atoms. The smallest absolute Gasteiger partial charge is 0.344 e. The fourth-order valence-corrected chi connectivity index (χ4v) is 2.45. The number of esters is 1. The zero-order valence-electron chi connectivity index (χ0n) is 12.9. The maximum atomic E-state index is 12.9. The highest BCUT2D eigenvalue weighted by Crippen LogP contribution is 2.17. The van der Waals surface area contributed by atoms with Gasteiger partial charge in [-0.1, -0.05) is 12.1 Å². The zero-order valence-corrected chi connectivity index (χ0v) is 12.9. The molecule has 1 aliphatic heterocycles. The summed E-state index contributed by atoms with van der Waals surface area (Å²) in [5, 5.41) is 0. The number of halogens is 1. The van der Waals surface area contributed by atoms with Crippen LogP contribution >= 0.6 is 0 Å². The second-order valence-corrected chi connectivity index (χ2v) is 5.29. The fraction of sp³-hybridized carbons (Fsp3) is 0.222. The van der Waals surface area contributed by atoms with Crippen LogP contribution in [0.5, 0.6) is 5.75 Å². The quantitative estimate of drug-likeness (QED) is 0.641. The average Bonchev–Trinajstić information content (AvgIpc) is 2.63. The van der Waals surface area contributed by atoms with Gasteiger partial charge in [-0.05, 0) is 36.4 Å². The van der Waals surface area contributed by atoms with E-state index in [4.69, 9.17) is 9.47 Å². The van der Waals surface area contributed by atoms with E-state index in [0.29, 0.717) is 26.3 Å². The molecule has 0 unspecified atom stereocenters. The third-order valence-electron chi connectivity index (χ3n) is 3.70. The first kappa shape index (κ1) is 16.1. The van der Waals surface area contributed by atoms with Gasteiger partial charge in [-0.3, -0.25) is 4.79 Å². The van der Waals surface area contributed by atoms with Crippen LogP contribution in [0.25, 0.3) is 0 Å². The Morgan fingerprint density at radius 2 is 1.58 bits per heavy atom. The highest BCUT2D eigenvalue weighted by molar-refractivity contribution is 6.05. The maximum Gasteiger partial charge on any atom is 0.344 e. The third-order valence-corrected chi connectivity index (χ3v) is 3.70. The molecule has 0 aromatic heterocycles.